The molecule has 21 heavy (non-hydrogen) atoms. The van der Waals surface area contributed by atoms with Crippen LogP contribution in [0.15, 0.2) is 24.3 Å². The lowest BCUT2D eigenvalue weighted by Crippen LogP contribution is -2.17. The fourth-order valence-corrected chi connectivity index (χ4v) is 5.54. The van der Waals surface area contributed by atoms with Crippen LogP contribution in [0.4, 0.5) is 5.69 Å². The highest BCUT2D eigenvalue weighted by Gasteiger charge is 2.28. The third-order valence-electron chi connectivity index (χ3n) is 3.19. The second-order valence-electron chi connectivity index (χ2n) is 5.02. The number of hydrogen-bond donors (Lipinski definition) is 1. The van der Waals surface area contributed by atoms with Crippen LogP contribution in [0.1, 0.15) is 23.7 Å². The van der Waals surface area contributed by atoms with Gasteiger partial charge in [0, 0.05) is 16.5 Å². The minimum absolute atomic E-state index is 0.00399. The average Bonchev–Trinajstić information content (AvgIpc) is 2.76. The molecule has 1 N–H and O–H groups in total. The summed E-state index contributed by atoms with van der Waals surface area (Å²) >= 11 is 1.37. The van der Waals surface area contributed by atoms with Gasteiger partial charge in [-0.1, -0.05) is 12.1 Å². The van der Waals surface area contributed by atoms with Gasteiger partial charge in [-0.2, -0.15) is 0 Å². The molecule has 1 aliphatic rings. The van der Waals surface area contributed by atoms with Gasteiger partial charge in [0.15, 0.2) is 15.6 Å². The van der Waals surface area contributed by atoms with Gasteiger partial charge in [-0.05, 0) is 25.5 Å². The first-order valence-electron chi connectivity index (χ1n) is 6.58. The summed E-state index contributed by atoms with van der Waals surface area (Å²) in [5, 5.41) is 2.72. The number of nitrogens with one attached hydrogen (secondary N) is 1. The lowest BCUT2D eigenvalue weighted by Gasteiger charge is -2.09. The van der Waals surface area contributed by atoms with E-state index in [0.717, 1.165) is 0 Å². The summed E-state index contributed by atoms with van der Waals surface area (Å²) in [6.07, 6.45) is 0.611. The summed E-state index contributed by atoms with van der Waals surface area (Å²) in [6, 6.07) is 6.75. The Balaban J connectivity index is 1.85. The first-order valence-corrected chi connectivity index (χ1v) is 9.45. The quantitative estimate of drug-likeness (QED) is 0.833. The van der Waals surface area contributed by atoms with E-state index < -0.39 is 9.84 Å². The smallest absolute Gasteiger partial charge is 0.234 e. The molecule has 1 amide bonds. The maximum Gasteiger partial charge on any atom is 0.234 e. The van der Waals surface area contributed by atoms with Crippen molar-refractivity contribution in [2.24, 2.45) is 0 Å². The van der Waals surface area contributed by atoms with Gasteiger partial charge in [-0.15, -0.1) is 11.8 Å². The number of carbonyl (C=O) groups excluding carboxylic acids is 2. The Hall–Kier alpha value is -1.34. The lowest BCUT2D eigenvalue weighted by atomic mass is 10.1. The van der Waals surface area contributed by atoms with Crippen LogP contribution in [0.2, 0.25) is 0 Å². The number of anilines is 1. The molecule has 0 unspecified atom stereocenters. The molecule has 1 aromatic carbocycles. The molecule has 0 saturated carbocycles. The van der Waals surface area contributed by atoms with Crippen LogP contribution in [-0.2, 0) is 14.6 Å². The largest absolute Gasteiger partial charge is 0.325 e. The Morgan fingerprint density at radius 2 is 2.14 bits per heavy atom. The van der Waals surface area contributed by atoms with E-state index in [1.165, 1.54) is 18.7 Å². The molecule has 0 aliphatic carbocycles. The second-order valence-corrected chi connectivity index (χ2v) is 8.54. The summed E-state index contributed by atoms with van der Waals surface area (Å²) < 4.78 is 22.7. The third-order valence-corrected chi connectivity index (χ3v) is 6.48. The van der Waals surface area contributed by atoms with Gasteiger partial charge in [-0.25, -0.2) is 8.42 Å². The SMILES string of the molecule is CC(=O)c1cccc(NC(=O)CS[C@H]2CCS(=O)(=O)C2)c1. The molecule has 114 valence electrons. The molecule has 1 atom stereocenters. The number of carbonyl (C=O) groups is 2. The lowest BCUT2D eigenvalue weighted by molar-refractivity contribution is -0.113. The van der Waals surface area contributed by atoms with Crippen molar-refractivity contribution in [2.45, 2.75) is 18.6 Å². The molecule has 5 nitrogen and oxygen atoms in total. The van der Waals surface area contributed by atoms with Crippen LogP contribution in [0.5, 0.6) is 0 Å². The van der Waals surface area contributed by atoms with Gasteiger partial charge in [0.1, 0.15) is 0 Å². The van der Waals surface area contributed by atoms with E-state index in [4.69, 9.17) is 0 Å². The van der Waals surface area contributed by atoms with Gasteiger partial charge in [0.2, 0.25) is 5.91 Å². The number of hydrogen-bond acceptors (Lipinski definition) is 5. The maximum atomic E-state index is 11.8. The zero-order chi connectivity index (χ0) is 15.5. The van der Waals surface area contributed by atoms with E-state index in [1.807, 2.05) is 0 Å². The number of thioether (sulfide) groups is 1. The maximum absolute atomic E-state index is 11.8. The van der Waals surface area contributed by atoms with Crippen molar-refractivity contribution in [1.29, 1.82) is 0 Å². The van der Waals surface area contributed by atoms with E-state index in [9.17, 15) is 18.0 Å². The molecule has 1 heterocycles. The van der Waals surface area contributed by atoms with Gasteiger partial charge in [0.25, 0.3) is 0 Å². The zero-order valence-corrected chi connectivity index (χ0v) is 13.3. The Morgan fingerprint density at radius 1 is 1.38 bits per heavy atom. The number of sulfone groups is 1. The van der Waals surface area contributed by atoms with Crippen molar-refractivity contribution in [1.82, 2.24) is 0 Å². The Morgan fingerprint density at radius 3 is 2.76 bits per heavy atom. The highest BCUT2D eigenvalue weighted by atomic mass is 32.2. The molecule has 0 aromatic heterocycles. The molecule has 7 heteroatoms. The minimum atomic E-state index is -2.91. The summed E-state index contributed by atoms with van der Waals surface area (Å²) in [5.41, 5.74) is 1.12. The van der Waals surface area contributed by atoms with Crippen molar-refractivity contribution >= 4 is 39.0 Å². The van der Waals surface area contributed by atoms with E-state index in [2.05, 4.69) is 5.32 Å². The van der Waals surface area contributed by atoms with Crippen LogP contribution in [0, 0.1) is 0 Å². The molecule has 0 bridgehead atoms. The Bertz CT molecular complexity index is 655. The van der Waals surface area contributed by atoms with E-state index in [-0.39, 0.29) is 34.2 Å². The third kappa shape index (κ3) is 4.86. The highest BCUT2D eigenvalue weighted by molar-refractivity contribution is 8.02. The molecule has 1 fully saturated rings. The Kier molecular flexibility index (Phi) is 5.05. The normalized spacial score (nSPS) is 20.1. The number of Topliss-reactive ketones (excluding diaryl/α,β-unsaturated/α-hetero) is 1. The molecule has 2 rings (SSSR count). The average molecular weight is 327 g/mol. The molecular formula is C14H17NO4S2. The van der Waals surface area contributed by atoms with Crippen molar-refractivity contribution < 1.29 is 18.0 Å². The van der Waals surface area contributed by atoms with Gasteiger partial charge in [0.05, 0.1) is 17.3 Å². The topological polar surface area (TPSA) is 80.3 Å². The molecule has 1 saturated heterocycles. The zero-order valence-electron chi connectivity index (χ0n) is 11.7. The fourth-order valence-electron chi connectivity index (χ4n) is 2.10. The number of ketones is 1. The minimum Gasteiger partial charge on any atom is -0.325 e. The van der Waals surface area contributed by atoms with Crippen LogP contribution in [-0.4, -0.2) is 42.6 Å². The van der Waals surface area contributed by atoms with Gasteiger partial charge >= 0.3 is 0 Å². The fraction of sp³-hybridized carbons (Fsp3) is 0.429. The monoisotopic (exact) mass is 327 g/mol. The van der Waals surface area contributed by atoms with Crippen molar-refractivity contribution in [2.75, 3.05) is 22.6 Å². The van der Waals surface area contributed by atoms with E-state index in [1.54, 1.807) is 24.3 Å². The molecule has 1 aliphatic heterocycles. The van der Waals surface area contributed by atoms with Crippen LogP contribution in [0.25, 0.3) is 0 Å². The van der Waals surface area contributed by atoms with Crippen molar-refractivity contribution in [3.8, 4) is 0 Å². The van der Waals surface area contributed by atoms with E-state index >= 15 is 0 Å². The Labute approximate surface area is 128 Å². The molecule has 1 aromatic rings. The first-order chi connectivity index (χ1) is 9.85. The van der Waals surface area contributed by atoms with Crippen LogP contribution < -0.4 is 5.32 Å². The number of rotatable bonds is 5. The summed E-state index contributed by atoms with van der Waals surface area (Å²) in [4.78, 5) is 23.1. The van der Waals surface area contributed by atoms with Crippen LogP contribution >= 0.6 is 11.8 Å². The van der Waals surface area contributed by atoms with Crippen molar-refractivity contribution in [3.63, 3.8) is 0 Å². The summed E-state index contributed by atoms with van der Waals surface area (Å²) in [5.74, 6) is 0.337. The second kappa shape index (κ2) is 6.62. The predicted octanol–water partition coefficient (Wildman–Crippen LogP) is 1.75. The number of amides is 1. The standard InChI is InChI=1S/C14H17NO4S2/c1-10(16)11-3-2-4-12(7-11)15-14(17)8-20-13-5-6-21(18,19)9-13/h2-4,7,13H,5-6,8-9H2,1H3,(H,15,17)/t13-/m0/s1. The predicted molar refractivity (Wildman–Crippen MR) is 84.6 cm³/mol. The van der Waals surface area contributed by atoms with Gasteiger partial charge in [-0.3, -0.25) is 9.59 Å². The molecular weight excluding hydrogens is 310 g/mol. The van der Waals surface area contributed by atoms with Crippen molar-refractivity contribution in [3.05, 3.63) is 29.8 Å². The summed E-state index contributed by atoms with van der Waals surface area (Å²) in [6.45, 7) is 1.47. The first kappa shape index (κ1) is 16.0. The highest BCUT2D eigenvalue weighted by Crippen LogP contribution is 2.24. The van der Waals surface area contributed by atoms with Crippen LogP contribution in [0.3, 0.4) is 0 Å². The summed E-state index contributed by atoms with van der Waals surface area (Å²) in [7, 11) is -2.91. The van der Waals surface area contributed by atoms with E-state index in [0.29, 0.717) is 17.7 Å². The number of benzene rings is 1. The van der Waals surface area contributed by atoms with Gasteiger partial charge < -0.3 is 5.32 Å². The molecule has 0 radical (unpaired) electrons. The molecule has 0 spiro atoms.